The topological polar surface area (TPSA) is 66.3 Å². The smallest absolute Gasteiger partial charge is 0.267 e. The molecule has 2 rings (SSSR count). The molecule has 112 valence electrons. The highest BCUT2D eigenvalue weighted by atomic mass is 32.1. The fraction of sp³-hybridized carbons (Fsp3) is 0.786. The van der Waals surface area contributed by atoms with Crippen LogP contribution in [0.2, 0.25) is 0 Å². The number of hydrogen-bond acceptors (Lipinski definition) is 5. The van der Waals surface area contributed by atoms with Crippen LogP contribution in [0.5, 0.6) is 0 Å². The van der Waals surface area contributed by atoms with Gasteiger partial charge in [0.1, 0.15) is 4.88 Å². The number of aromatic nitrogens is 2. The zero-order valence-electron chi connectivity index (χ0n) is 12.4. The van der Waals surface area contributed by atoms with Crippen molar-refractivity contribution in [1.82, 2.24) is 14.5 Å². The second-order valence-corrected chi connectivity index (χ2v) is 7.23. The van der Waals surface area contributed by atoms with Crippen LogP contribution in [0.15, 0.2) is 0 Å². The standard InChI is InChI=1S/C14H23N3O2S/c1-14(2,3)12-11(20-16-15-12)13(19)17-7-4-5-10(9-17)6-8-18/h10,18H,4-9H2,1-3H3. The van der Waals surface area contributed by atoms with Gasteiger partial charge in [-0.25, -0.2) is 0 Å². The summed E-state index contributed by atoms with van der Waals surface area (Å²) in [6, 6.07) is 0. The fourth-order valence-corrected chi connectivity index (χ4v) is 3.48. The Hall–Kier alpha value is -1.01. The minimum Gasteiger partial charge on any atom is -0.396 e. The normalized spacial score (nSPS) is 20.2. The summed E-state index contributed by atoms with van der Waals surface area (Å²) in [6.45, 7) is 7.87. The molecule has 0 radical (unpaired) electrons. The number of carbonyl (C=O) groups is 1. The Kier molecular flexibility index (Phi) is 4.75. The van der Waals surface area contributed by atoms with E-state index in [9.17, 15) is 4.79 Å². The van der Waals surface area contributed by atoms with E-state index in [2.05, 4.69) is 9.59 Å². The van der Waals surface area contributed by atoms with Crippen LogP contribution in [-0.4, -0.2) is 45.2 Å². The van der Waals surface area contributed by atoms with E-state index in [-0.39, 0.29) is 17.9 Å². The second kappa shape index (κ2) is 6.18. The van der Waals surface area contributed by atoms with Crippen molar-refractivity contribution in [3.8, 4) is 0 Å². The van der Waals surface area contributed by atoms with Crippen LogP contribution in [0.3, 0.4) is 0 Å². The lowest BCUT2D eigenvalue weighted by Crippen LogP contribution is -2.40. The lowest BCUT2D eigenvalue weighted by atomic mass is 9.90. The average Bonchev–Trinajstić information content (AvgIpc) is 2.87. The number of rotatable bonds is 3. The summed E-state index contributed by atoms with van der Waals surface area (Å²) in [5, 5.41) is 13.2. The summed E-state index contributed by atoms with van der Waals surface area (Å²) < 4.78 is 3.96. The molecule has 6 heteroatoms. The Morgan fingerprint density at radius 3 is 2.90 bits per heavy atom. The number of nitrogens with zero attached hydrogens (tertiary/aromatic N) is 3. The van der Waals surface area contributed by atoms with E-state index < -0.39 is 0 Å². The molecule has 0 saturated carbocycles. The summed E-state index contributed by atoms with van der Waals surface area (Å²) in [5.41, 5.74) is 0.620. The summed E-state index contributed by atoms with van der Waals surface area (Å²) >= 11 is 1.19. The van der Waals surface area contributed by atoms with E-state index >= 15 is 0 Å². The first-order valence-electron chi connectivity index (χ1n) is 7.16. The van der Waals surface area contributed by atoms with Crippen molar-refractivity contribution < 1.29 is 9.90 Å². The molecule has 0 bridgehead atoms. The summed E-state index contributed by atoms with van der Waals surface area (Å²) in [7, 11) is 0. The maximum Gasteiger partial charge on any atom is 0.267 e. The van der Waals surface area contributed by atoms with Gasteiger partial charge in [-0.3, -0.25) is 4.79 Å². The largest absolute Gasteiger partial charge is 0.396 e. The first-order chi connectivity index (χ1) is 9.43. The van der Waals surface area contributed by atoms with Gasteiger partial charge < -0.3 is 10.0 Å². The molecule has 0 aliphatic carbocycles. The number of carbonyl (C=O) groups excluding carboxylic acids is 1. The lowest BCUT2D eigenvalue weighted by Gasteiger charge is -2.32. The molecule has 1 saturated heterocycles. The number of hydrogen-bond donors (Lipinski definition) is 1. The molecular weight excluding hydrogens is 274 g/mol. The SMILES string of the molecule is CC(C)(C)c1nnsc1C(=O)N1CCCC(CCO)C1. The van der Waals surface area contributed by atoms with E-state index in [1.165, 1.54) is 11.5 Å². The molecule has 1 fully saturated rings. The molecule has 1 amide bonds. The van der Waals surface area contributed by atoms with Gasteiger partial charge in [0.05, 0.1) is 5.69 Å². The van der Waals surface area contributed by atoms with Crippen LogP contribution in [0.4, 0.5) is 0 Å². The third-order valence-electron chi connectivity index (χ3n) is 3.74. The third kappa shape index (κ3) is 3.35. The predicted molar refractivity (Wildman–Crippen MR) is 78.9 cm³/mol. The van der Waals surface area contributed by atoms with Gasteiger partial charge in [0, 0.05) is 25.1 Å². The van der Waals surface area contributed by atoms with Crippen molar-refractivity contribution >= 4 is 17.4 Å². The van der Waals surface area contributed by atoms with Crippen LogP contribution in [0.1, 0.15) is 55.4 Å². The molecule has 2 heterocycles. The Balaban J connectivity index is 2.13. The number of aliphatic hydroxyl groups excluding tert-OH is 1. The molecule has 0 aromatic carbocycles. The molecule has 1 aromatic heterocycles. The van der Waals surface area contributed by atoms with Crippen LogP contribution < -0.4 is 0 Å². The van der Waals surface area contributed by atoms with E-state index in [0.717, 1.165) is 38.0 Å². The van der Waals surface area contributed by atoms with Gasteiger partial charge >= 0.3 is 0 Å². The van der Waals surface area contributed by atoms with E-state index in [1.807, 2.05) is 25.7 Å². The Morgan fingerprint density at radius 1 is 1.50 bits per heavy atom. The monoisotopic (exact) mass is 297 g/mol. The Labute approximate surface area is 124 Å². The van der Waals surface area contributed by atoms with Gasteiger partial charge in [-0.1, -0.05) is 25.3 Å². The average molecular weight is 297 g/mol. The molecule has 1 N–H and O–H groups in total. The summed E-state index contributed by atoms with van der Waals surface area (Å²) in [5.74, 6) is 0.462. The van der Waals surface area contributed by atoms with E-state index in [0.29, 0.717) is 10.8 Å². The zero-order chi connectivity index (χ0) is 14.8. The highest BCUT2D eigenvalue weighted by Gasteiger charge is 2.31. The van der Waals surface area contributed by atoms with Gasteiger partial charge in [0.15, 0.2) is 0 Å². The highest BCUT2D eigenvalue weighted by Crippen LogP contribution is 2.28. The minimum absolute atomic E-state index is 0.0487. The van der Waals surface area contributed by atoms with E-state index in [1.54, 1.807) is 0 Å². The first-order valence-corrected chi connectivity index (χ1v) is 7.93. The van der Waals surface area contributed by atoms with Crippen molar-refractivity contribution in [2.75, 3.05) is 19.7 Å². The van der Waals surface area contributed by atoms with Crippen molar-refractivity contribution in [3.63, 3.8) is 0 Å². The third-order valence-corrected chi connectivity index (χ3v) is 4.45. The van der Waals surface area contributed by atoms with Crippen molar-refractivity contribution in [1.29, 1.82) is 0 Å². The van der Waals surface area contributed by atoms with E-state index in [4.69, 9.17) is 5.11 Å². The molecule has 1 aliphatic heterocycles. The van der Waals surface area contributed by atoms with Crippen molar-refractivity contribution in [3.05, 3.63) is 10.6 Å². The Bertz CT molecular complexity index is 465. The molecule has 1 aliphatic rings. The van der Waals surface area contributed by atoms with Gasteiger partial charge in [-0.05, 0) is 36.7 Å². The Morgan fingerprint density at radius 2 is 2.25 bits per heavy atom. The zero-order valence-corrected chi connectivity index (χ0v) is 13.2. The maximum atomic E-state index is 12.7. The lowest BCUT2D eigenvalue weighted by molar-refractivity contribution is 0.0656. The molecule has 20 heavy (non-hydrogen) atoms. The number of likely N-dealkylation sites (tertiary alicyclic amines) is 1. The van der Waals surface area contributed by atoms with Crippen LogP contribution in [0.25, 0.3) is 0 Å². The van der Waals surface area contributed by atoms with Gasteiger partial charge in [0.25, 0.3) is 5.91 Å². The molecule has 1 unspecified atom stereocenters. The van der Waals surface area contributed by atoms with Crippen molar-refractivity contribution in [2.45, 2.75) is 45.4 Å². The number of aliphatic hydroxyl groups is 1. The number of piperidine rings is 1. The van der Waals surface area contributed by atoms with Crippen LogP contribution in [-0.2, 0) is 5.41 Å². The molecule has 1 atom stereocenters. The highest BCUT2D eigenvalue weighted by molar-refractivity contribution is 7.08. The van der Waals surface area contributed by atoms with Crippen LogP contribution >= 0.6 is 11.5 Å². The van der Waals surface area contributed by atoms with Crippen LogP contribution in [0, 0.1) is 5.92 Å². The fourth-order valence-electron chi connectivity index (χ4n) is 2.63. The molecule has 0 spiro atoms. The molecular formula is C14H23N3O2S. The molecule has 1 aromatic rings. The summed E-state index contributed by atoms with van der Waals surface area (Å²) in [4.78, 5) is 15.2. The quantitative estimate of drug-likeness (QED) is 0.927. The van der Waals surface area contributed by atoms with Gasteiger partial charge in [0.2, 0.25) is 0 Å². The minimum atomic E-state index is -0.168. The first kappa shape index (κ1) is 15.4. The molecule has 5 nitrogen and oxygen atoms in total. The van der Waals surface area contributed by atoms with Gasteiger partial charge in [-0.2, -0.15) is 0 Å². The maximum absolute atomic E-state index is 12.7. The van der Waals surface area contributed by atoms with Gasteiger partial charge in [-0.15, -0.1) is 5.10 Å². The van der Waals surface area contributed by atoms with Crippen molar-refractivity contribution in [2.24, 2.45) is 5.92 Å². The summed E-state index contributed by atoms with van der Waals surface area (Å²) in [6.07, 6.45) is 2.88. The number of amides is 1. The second-order valence-electron chi connectivity index (χ2n) is 6.47. The predicted octanol–water partition coefficient (Wildman–Crippen LogP) is 2.07.